The maximum atomic E-state index is 12.0. The van der Waals surface area contributed by atoms with Crippen LogP contribution in [0, 0.1) is 0 Å². The number of carbonyl (C=O) groups excluding carboxylic acids is 2. The molecule has 0 aliphatic heterocycles. The van der Waals surface area contributed by atoms with Crippen LogP contribution < -0.4 is 11.1 Å². The maximum absolute atomic E-state index is 12.0. The van der Waals surface area contributed by atoms with E-state index in [-0.39, 0.29) is 17.9 Å². The molecule has 0 atom stereocenters. The number of aromatic nitrogens is 1. The molecule has 0 saturated carbocycles. The fourth-order valence-electron chi connectivity index (χ4n) is 1.67. The smallest absolute Gasteiger partial charge is 0.339 e. The number of esters is 1. The number of thiazole rings is 1. The molecule has 0 fully saturated rings. The van der Waals surface area contributed by atoms with Gasteiger partial charge in [-0.25, -0.2) is 9.78 Å². The number of rotatable bonds is 4. The second-order valence-corrected chi connectivity index (χ2v) is 5.41. The molecule has 0 bridgehead atoms. The van der Waals surface area contributed by atoms with Crippen molar-refractivity contribution >= 4 is 45.6 Å². The number of halogens is 1. The van der Waals surface area contributed by atoms with Crippen LogP contribution in [0.3, 0.4) is 0 Å². The zero-order chi connectivity index (χ0) is 15.4. The normalized spacial score (nSPS) is 10.2. The number of hydrogen-bond donors (Lipinski definition) is 2. The van der Waals surface area contributed by atoms with Crippen LogP contribution in [0.1, 0.15) is 16.1 Å². The number of nitrogens with one attached hydrogen (secondary N) is 1. The zero-order valence-electron chi connectivity index (χ0n) is 11.1. The first-order valence-corrected chi connectivity index (χ1v) is 7.13. The Morgan fingerprint density at radius 2 is 2.24 bits per heavy atom. The van der Waals surface area contributed by atoms with Gasteiger partial charge in [0.25, 0.3) is 0 Å². The summed E-state index contributed by atoms with van der Waals surface area (Å²) >= 11 is 7.14. The Kier molecular flexibility index (Phi) is 4.77. The standard InChI is InChI=1S/C13H12ClN3O3S/c1-20-12(19)9-3-2-7(14)4-10(9)17-11(18)5-8-6-21-13(15)16-8/h2-4,6H,5H2,1H3,(H2,15,16)(H,17,18). The minimum atomic E-state index is -0.556. The molecule has 6 nitrogen and oxygen atoms in total. The third kappa shape index (κ3) is 3.93. The average molecular weight is 326 g/mol. The zero-order valence-corrected chi connectivity index (χ0v) is 12.6. The quantitative estimate of drug-likeness (QED) is 0.841. The van der Waals surface area contributed by atoms with Crippen LogP contribution in [-0.2, 0) is 16.0 Å². The van der Waals surface area contributed by atoms with Crippen molar-refractivity contribution in [3.63, 3.8) is 0 Å². The van der Waals surface area contributed by atoms with Crippen molar-refractivity contribution in [2.75, 3.05) is 18.2 Å². The van der Waals surface area contributed by atoms with Gasteiger partial charge in [0.1, 0.15) is 0 Å². The molecular weight excluding hydrogens is 314 g/mol. The highest BCUT2D eigenvalue weighted by Gasteiger charge is 2.15. The number of benzene rings is 1. The fraction of sp³-hybridized carbons (Fsp3) is 0.154. The van der Waals surface area contributed by atoms with Gasteiger partial charge in [-0.2, -0.15) is 0 Å². The molecule has 1 aromatic heterocycles. The Balaban J connectivity index is 2.16. The number of nitrogens with zero attached hydrogens (tertiary/aromatic N) is 1. The topological polar surface area (TPSA) is 94.3 Å². The molecule has 0 aliphatic carbocycles. The SMILES string of the molecule is COC(=O)c1ccc(Cl)cc1NC(=O)Cc1csc(N)n1. The lowest BCUT2D eigenvalue weighted by Gasteiger charge is -2.09. The van der Waals surface area contributed by atoms with Gasteiger partial charge in [-0.1, -0.05) is 11.6 Å². The Morgan fingerprint density at radius 3 is 2.86 bits per heavy atom. The molecule has 0 aliphatic rings. The molecular formula is C13H12ClN3O3S. The molecule has 2 rings (SSSR count). The van der Waals surface area contributed by atoms with E-state index < -0.39 is 5.97 Å². The number of methoxy groups -OCH3 is 1. The maximum Gasteiger partial charge on any atom is 0.339 e. The van der Waals surface area contributed by atoms with Gasteiger partial charge in [-0.15, -0.1) is 11.3 Å². The summed E-state index contributed by atoms with van der Waals surface area (Å²) in [7, 11) is 1.26. The summed E-state index contributed by atoms with van der Waals surface area (Å²) in [5, 5.41) is 5.12. The predicted octanol–water partition coefficient (Wildman–Crippen LogP) is 2.35. The molecule has 0 radical (unpaired) electrons. The average Bonchev–Trinajstić information content (AvgIpc) is 2.83. The molecule has 8 heteroatoms. The summed E-state index contributed by atoms with van der Waals surface area (Å²) in [6.07, 6.45) is 0.0564. The predicted molar refractivity (Wildman–Crippen MR) is 81.7 cm³/mol. The molecule has 21 heavy (non-hydrogen) atoms. The fourth-order valence-corrected chi connectivity index (χ4v) is 2.41. The lowest BCUT2D eigenvalue weighted by Crippen LogP contribution is -2.17. The van der Waals surface area contributed by atoms with Crippen molar-refractivity contribution in [3.8, 4) is 0 Å². The molecule has 0 saturated heterocycles. The Bertz CT molecular complexity index is 687. The van der Waals surface area contributed by atoms with Crippen LogP contribution in [-0.4, -0.2) is 24.0 Å². The van der Waals surface area contributed by atoms with E-state index in [1.165, 1.54) is 30.6 Å². The number of hydrogen-bond acceptors (Lipinski definition) is 6. The molecule has 0 unspecified atom stereocenters. The van der Waals surface area contributed by atoms with Crippen molar-refractivity contribution < 1.29 is 14.3 Å². The van der Waals surface area contributed by atoms with Crippen LogP contribution in [0.2, 0.25) is 5.02 Å². The first-order valence-electron chi connectivity index (χ1n) is 5.87. The Labute approximate surface area is 129 Å². The highest BCUT2D eigenvalue weighted by Crippen LogP contribution is 2.22. The van der Waals surface area contributed by atoms with E-state index in [0.717, 1.165) is 0 Å². The highest BCUT2D eigenvalue weighted by molar-refractivity contribution is 7.13. The van der Waals surface area contributed by atoms with Crippen molar-refractivity contribution in [2.45, 2.75) is 6.42 Å². The van der Waals surface area contributed by atoms with Crippen LogP contribution in [0.15, 0.2) is 23.6 Å². The van der Waals surface area contributed by atoms with E-state index in [4.69, 9.17) is 17.3 Å². The van der Waals surface area contributed by atoms with E-state index in [1.54, 1.807) is 11.4 Å². The highest BCUT2D eigenvalue weighted by atomic mass is 35.5. The summed E-state index contributed by atoms with van der Waals surface area (Å²) in [4.78, 5) is 27.6. The number of carbonyl (C=O) groups is 2. The monoisotopic (exact) mass is 325 g/mol. The molecule has 0 spiro atoms. The summed E-state index contributed by atoms with van der Waals surface area (Å²) in [6, 6.07) is 4.52. The minimum Gasteiger partial charge on any atom is -0.465 e. The Hall–Kier alpha value is -2.12. The van der Waals surface area contributed by atoms with Crippen molar-refractivity contribution in [1.29, 1.82) is 0 Å². The third-order valence-electron chi connectivity index (χ3n) is 2.57. The van der Waals surface area contributed by atoms with Gasteiger partial charge < -0.3 is 15.8 Å². The van der Waals surface area contributed by atoms with Gasteiger partial charge in [0, 0.05) is 10.4 Å². The lowest BCUT2D eigenvalue weighted by atomic mass is 10.1. The Morgan fingerprint density at radius 1 is 1.48 bits per heavy atom. The number of nitrogen functional groups attached to an aromatic ring is 1. The van der Waals surface area contributed by atoms with Gasteiger partial charge in [0.15, 0.2) is 5.13 Å². The lowest BCUT2D eigenvalue weighted by molar-refractivity contribution is -0.115. The van der Waals surface area contributed by atoms with Gasteiger partial charge in [0.05, 0.1) is 30.5 Å². The van der Waals surface area contributed by atoms with Crippen LogP contribution in [0.5, 0.6) is 0 Å². The molecule has 110 valence electrons. The second kappa shape index (κ2) is 6.55. The van der Waals surface area contributed by atoms with Crippen LogP contribution >= 0.6 is 22.9 Å². The van der Waals surface area contributed by atoms with Gasteiger partial charge in [-0.3, -0.25) is 4.79 Å². The van der Waals surface area contributed by atoms with Crippen molar-refractivity contribution in [1.82, 2.24) is 4.98 Å². The number of nitrogens with two attached hydrogens (primary N) is 1. The summed E-state index contributed by atoms with van der Waals surface area (Å²) in [5.41, 5.74) is 6.60. The summed E-state index contributed by atoms with van der Waals surface area (Å²) in [5.74, 6) is -0.882. The molecule has 1 aromatic carbocycles. The minimum absolute atomic E-state index is 0.0564. The molecule has 1 amide bonds. The van der Waals surface area contributed by atoms with Gasteiger partial charge >= 0.3 is 5.97 Å². The first-order chi connectivity index (χ1) is 9.99. The molecule has 1 heterocycles. The van der Waals surface area contributed by atoms with E-state index in [2.05, 4.69) is 15.0 Å². The number of ether oxygens (including phenoxy) is 1. The molecule has 2 aromatic rings. The number of amides is 1. The second-order valence-electron chi connectivity index (χ2n) is 4.08. The third-order valence-corrected chi connectivity index (χ3v) is 3.53. The van der Waals surface area contributed by atoms with E-state index in [1.807, 2.05) is 0 Å². The van der Waals surface area contributed by atoms with E-state index in [0.29, 0.717) is 21.5 Å². The first kappa shape index (κ1) is 15.3. The van der Waals surface area contributed by atoms with Gasteiger partial charge in [0.2, 0.25) is 5.91 Å². The van der Waals surface area contributed by atoms with Crippen LogP contribution in [0.4, 0.5) is 10.8 Å². The van der Waals surface area contributed by atoms with Crippen molar-refractivity contribution in [3.05, 3.63) is 39.9 Å². The van der Waals surface area contributed by atoms with Gasteiger partial charge in [-0.05, 0) is 18.2 Å². The summed E-state index contributed by atoms with van der Waals surface area (Å²) in [6.45, 7) is 0. The molecule has 3 N–H and O–H groups in total. The van der Waals surface area contributed by atoms with E-state index >= 15 is 0 Å². The van der Waals surface area contributed by atoms with Crippen molar-refractivity contribution in [2.24, 2.45) is 0 Å². The van der Waals surface area contributed by atoms with Crippen LogP contribution in [0.25, 0.3) is 0 Å². The largest absolute Gasteiger partial charge is 0.465 e. The number of anilines is 2. The van der Waals surface area contributed by atoms with E-state index in [9.17, 15) is 9.59 Å². The summed E-state index contributed by atoms with van der Waals surface area (Å²) < 4.78 is 4.66.